The van der Waals surface area contributed by atoms with Crippen LogP contribution in [0.25, 0.3) is 0 Å². The minimum Gasteiger partial charge on any atom is -0.274 e. The number of hydrogen-bond donors (Lipinski definition) is 0. The number of imide groups is 1. The lowest BCUT2D eigenvalue weighted by atomic mass is 9.81. The first-order valence-electron chi connectivity index (χ1n) is 7.22. The quantitative estimate of drug-likeness (QED) is 0.739. The Kier molecular flexibility index (Phi) is 2.62. The van der Waals surface area contributed by atoms with Crippen molar-refractivity contribution in [2.45, 2.75) is 26.2 Å². The number of halogens is 1. The maximum atomic E-state index is 12.7. The van der Waals surface area contributed by atoms with E-state index in [0.29, 0.717) is 11.8 Å². The maximum Gasteiger partial charge on any atom is 0.237 e. The molecule has 1 aliphatic heterocycles. The number of rotatable bonds is 1. The van der Waals surface area contributed by atoms with E-state index in [9.17, 15) is 9.59 Å². The van der Waals surface area contributed by atoms with Gasteiger partial charge in [-0.05, 0) is 61.8 Å². The van der Waals surface area contributed by atoms with E-state index >= 15 is 0 Å². The highest BCUT2D eigenvalue weighted by Gasteiger charge is 2.61. The molecule has 2 amide bonds. The van der Waals surface area contributed by atoms with Gasteiger partial charge in [-0.3, -0.25) is 14.5 Å². The Bertz CT molecular complexity index is 599. The summed E-state index contributed by atoms with van der Waals surface area (Å²) in [5, 5.41) is 0. The first kappa shape index (κ1) is 12.6. The van der Waals surface area contributed by atoms with Crippen molar-refractivity contribution in [2.24, 2.45) is 23.7 Å². The molecule has 3 aliphatic rings. The highest BCUT2D eigenvalue weighted by atomic mass is 79.9. The monoisotopic (exact) mass is 333 g/mol. The van der Waals surface area contributed by atoms with Gasteiger partial charge in [-0.1, -0.05) is 15.9 Å². The lowest BCUT2D eigenvalue weighted by Crippen LogP contribution is -2.32. The summed E-state index contributed by atoms with van der Waals surface area (Å²) >= 11 is 3.46. The van der Waals surface area contributed by atoms with Gasteiger partial charge in [0.25, 0.3) is 0 Å². The summed E-state index contributed by atoms with van der Waals surface area (Å²) in [5.74, 6) is 0.893. The molecular weight excluding hydrogens is 318 g/mol. The predicted octanol–water partition coefficient (Wildman–Crippen LogP) is 3.29. The number of amides is 2. The normalized spacial score (nSPS) is 35.0. The Morgan fingerprint density at radius 3 is 2.25 bits per heavy atom. The lowest BCUT2D eigenvalue weighted by Gasteiger charge is -2.19. The van der Waals surface area contributed by atoms with Gasteiger partial charge in [0.05, 0.1) is 17.5 Å². The number of hydrogen-bond acceptors (Lipinski definition) is 2. The Balaban J connectivity index is 1.74. The van der Waals surface area contributed by atoms with Crippen LogP contribution in [-0.2, 0) is 9.59 Å². The van der Waals surface area contributed by atoms with E-state index in [-0.39, 0.29) is 23.7 Å². The summed E-state index contributed by atoms with van der Waals surface area (Å²) in [6.45, 7) is 1.98. The van der Waals surface area contributed by atoms with Crippen molar-refractivity contribution in [3.05, 3.63) is 28.2 Å². The van der Waals surface area contributed by atoms with Gasteiger partial charge in [0.2, 0.25) is 11.8 Å². The molecule has 4 heteroatoms. The average Bonchev–Trinajstić information content (AvgIpc) is 3.08. The zero-order valence-electron chi connectivity index (χ0n) is 11.3. The number of carbonyl (C=O) groups is 2. The minimum absolute atomic E-state index is 0.0360. The molecule has 0 unspecified atom stereocenters. The van der Waals surface area contributed by atoms with E-state index in [0.717, 1.165) is 35.0 Å². The van der Waals surface area contributed by atoms with E-state index in [2.05, 4.69) is 15.9 Å². The number of aryl methyl sites for hydroxylation is 1. The second-order valence-electron chi connectivity index (χ2n) is 6.33. The Morgan fingerprint density at radius 1 is 1.10 bits per heavy atom. The molecule has 2 saturated carbocycles. The van der Waals surface area contributed by atoms with Gasteiger partial charge in [0.15, 0.2) is 0 Å². The molecular formula is C16H16BrNO2. The van der Waals surface area contributed by atoms with Crippen LogP contribution in [0.15, 0.2) is 22.7 Å². The average molecular weight is 334 g/mol. The van der Waals surface area contributed by atoms with Gasteiger partial charge in [0.1, 0.15) is 0 Å². The van der Waals surface area contributed by atoms with Gasteiger partial charge in [0, 0.05) is 4.47 Å². The van der Waals surface area contributed by atoms with Crippen molar-refractivity contribution in [2.75, 3.05) is 4.90 Å². The summed E-state index contributed by atoms with van der Waals surface area (Å²) in [4.78, 5) is 26.8. The number of fused-ring (bicyclic) bond motifs is 5. The largest absolute Gasteiger partial charge is 0.274 e. The van der Waals surface area contributed by atoms with E-state index < -0.39 is 0 Å². The third-order valence-corrected chi connectivity index (χ3v) is 6.22. The molecule has 4 rings (SSSR count). The molecule has 2 bridgehead atoms. The van der Waals surface area contributed by atoms with E-state index in [4.69, 9.17) is 0 Å². The Morgan fingerprint density at radius 2 is 1.70 bits per heavy atom. The van der Waals surface area contributed by atoms with Gasteiger partial charge in [-0.15, -0.1) is 0 Å². The first-order valence-corrected chi connectivity index (χ1v) is 8.01. The fourth-order valence-electron chi connectivity index (χ4n) is 4.43. The van der Waals surface area contributed by atoms with Crippen molar-refractivity contribution < 1.29 is 9.59 Å². The zero-order chi connectivity index (χ0) is 14.0. The Hall–Kier alpha value is -1.16. The van der Waals surface area contributed by atoms with E-state index in [1.165, 1.54) is 4.90 Å². The summed E-state index contributed by atoms with van der Waals surface area (Å²) in [5.41, 5.74) is 1.78. The molecule has 3 fully saturated rings. The molecule has 0 aromatic heterocycles. The second kappa shape index (κ2) is 4.17. The summed E-state index contributed by atoms with van der Waals surface area (Å²) in [6.07, 6.45) is 3.33. The van der Waals surface area contributed by atoms with Crippen molar-refractivity contribution in [1.29, 1.82) is 0 Å². The highest BCUT2D eigenvalue weighted by molar-refractivity contribution is 9.10. The van der Waals surface area contributed by atoms with Crippen molar-refractivity contribution in [1.82, 2.24) is 0 Å². The van der Waals surface area contributed by atoms with Gasteiger partial charge < -0.3 is 0 Å². The zero-order valence-corrected chi connectivity index (χ0v) is 12.9. The van der Waals surface area contributed by atoms with Crippen LogP contribution >= 0.6 is 15.9 Å². The number of anilines is 1. The molecule has 1 aromatic rings. The SMILES string of the molecule is Cc1cc(N2C(=O)[C@@H]3[C@H]4CC[C@@H](C4)[C@@H]3C2=O)ccc1Br. The van der Waals surface area contributed by atoms with Crippen LogP contribution in [0.3, 0.4) is 0 Å². The minimum atomic E-state index is -0.0368. The van der Waals surface area contributed by atoms with E-state index in [1.54, 1.807) is 0 Å². The van der Waals surface area contributed by atoms with Crippen LogP contribution in [0.5, 0.6) is 0 Å². The molecule has 0 radical (unpaired) electrons. The third-order valence-electron chi connectivity index (χ3n) is 5.33. The summed E-state index contributed by atoms with van der Waals surface area (Å²) < 4.78 is 1.00. The molecule has 20 heavy (non-hydrogen) atoms. The molecule has 104 valence electrons. The fourth-order valence-corrected chi connectivity index (χ4v) is 4.68. The van der Waals surface area contributed by atoms with Crippen molar-refractivity contribution in [3.8, 4) is 0 Å². The van der Waals surface area contributed by atoms with Crippen molar-refractivity contribution >= 4 is 33.4 Å². The van der Waals surface area contributed by atoms with E-state index in [1.807, 2.05) is 25.1 Å². The number of carbonyl (C=O) groups excluding carboxylic acids is 2. The van der Waals surface area contributed by atoms with Crippen LogP contribution in [0.2, 0.25) is 0 Å². The highest BCUT2D eigenvalue weighted by Crippen LogP contribution is 2.56. The predicted molar refractivity (Wildman–Crippen MR) is 79.2 cm³/mol. The van der Waals surface area contributed by atoms with Crippen molar-refractivity contribution in [3.63, 3.8) is 0 Å². The maximum absolute atomic E-state index is 12.7. The number of benzene rings is 1. The first-order chi connectivity index (χ1) is 9.58. The summed E-state index contributed by atoms with van der Waals surface area (Å²) in [7, 11) is 0. The molecule has 1 aromatic carbocycles. The van der Waals surface area contributed by atoms with Crippen LogP contribution < -0.4 is 4.90 Å². The smallest absolute Gasteiger partial charge is 0.237 e. The molecule has 0 spiro atoms. The lowest BCUT2D eigenvalue weighted by molar-refractivity contribution is -0.123. The van der Waals surface area contributed by atoms with Crippen LogP contribution in [-0.4, -0.2) is 11.8 Å². The molecule has 0 N–H and O–H groups in total. The van der Waals surface area contributed by atoms with Crippen LogP contribution in [0, 0.1) is 30.6 Å². The summed E-state index contributed by atoms with van der Waals surface area (Å²) in [6, 6.07) is 5.69. The Labute approximate surface area is 126 Å². The molecule has 4 atom stereocenters. The second-order valence-corrected chi connectivity index (χ2v) is 7.18. The molecule has 1 heterocycles. The van der Waals surface area contributed by atoms with Crippen LogP contribution in [0.4, 0.5) is 5.69 Å². The molecule has 3 nitrogen and oxygen atoms in total. The van der Waals surface area contributed by atoms with Gasteiger partial charge >= 0.3 is 0 Å². The standard InChI is InChI=1S/C16H16BrNO2/c1-8-6-11(4-5-12(8)17)18-15(19)13-9-2-3-10(7-9)14(13)16(18)20/h4-6,9-10,13-14H,2-3,7H2,1H3/t9-,10-,13-,14+/m0/s1. The molecule has 2 aliphatic carbocycles. The number of nitrogens with zero attached hydrogens (tertiary/aromatic N) is 1. The topological polar surface area (TPSA) is 37.4 Å². The molecule has 1 saturated heterocycles. The fraction of sp³-hybridized carbons (Fsp3) is 0.500. The third kappa shape index (κ3) is 1.51. The van der Waals surface area contributed by atoms with Gasteiger partial charge in [-0.25, -0.2) is 0 Å². The van der Waals surface area contributed by atoms with Crippen LogP contribution in [0.1, 0.15) is 24.8 Å². The van der Waals surface area contributed by atoms with Gasteiger partial charge in [-0.2, -0.15) is 0 Å².